The summed E-state index contributed by atoms with van der Waals surface area (Å²) in [4.78, 5) is 5.17. The number of nitriles is 1. The summed E-state index contributed by atoms with van der Waals surface area (Å²) in [6.45, 7) is 4.35. The maximum atomic E-state index is 9.50. The van der Waals surface area contributed by atoms with Gasteiger partial charge in [-0.05, 0) is 60.9 Å². The average molecular weight is 539 g/mol. The van der Waals surface area contributed by atoms with E-state index >= 15 is 0 Å². The van der Waals surface area contributed by atoms with Crippen LogP contribution in [-0.4, -0.2) is 14.1 Å². The Morgan fingerprint density at radius 2 is 1.12 bits per heavy atom. The van der Waals surface area contributed by atoms with Gasteiger partial charge in [-0.15, -0.1) is 0 Å². The summed E-state index contributed by atoms with van der Waals surface area (Å²) in [6.07, 6.45) is 1.91. The van der Waals surface area contributed by atoms with E-state index in [-0.39, 0.29) is 0 Å². The number of hydrogen-bond donors (Lipinski definition) is 0. The third-order valence-corrected chi connectivity index (χ3v) is 8.46. The van der Waals surface area contributed by atoms with Gasteiger partial charge in [-0.25, -0.2) is 4.98 Å². The zero-order chi connectivity index (χ0) is 28.4. The normalized spacial score (nSPS) is 11.5. The standard InChI is InChI=1S/C38H26N4/c1-24-9-7-13-31-29-11-3-5-15-33(29)41(35(24)31)37-28(27-19-17-26(23-39)18-20-27)21-22-40-38(37)42-34-16-6-4-12-30(34)32-14-8-10-25(2)36(32)42/h3-22H,1-2H3. The number of nitrogens with zero attached hydrogens (tertiary/aromatic N) is 4. The maximum absolute atomic E-state index is 9.50. The van der Waals surface area contributed by atoms with Crippen LogP contribution >= 0.6 is 0 Å². The second-order valence-corrected chi connectivity index (χ2v) is 10.9. The van der Waals surface area contributed by atoms with Crippen LogP contribution in [0.2, 0.25) is 0 Å². The fourth-order valence-electron chi connectivity index (χ4n) is 6.62. The summed E-state index contributed by atoms with van der Waals surface area (Å²) in [7, 11) is 0. The van der Waals surface area contributed by atoms with Crippen molar-refractivity contribution in [3.05, 3.63) is 138 Å². The second kappa shape index (κ2) is 9.19. The van der Waals surface area contributed by atoms with Crippen LogP contribution in [0, 0.1) is 25.2 Å². The highest BCUT2D eigenvalue weighted by molar-refractivity contribution is 6.13. The molecule has 8 aromatic rings. The van der Waals surface area contributed by atoms with Gasteiger partial charge in [0.2, 0.25) is 0 Å². The van der Waals surface area contributed by atoms with Gasteiger partial charge in [0.25, 0.3) is 0 Å². The molecule has 4 nitrogen and oxygen atoms in total. The van der Waals surface area contributed by atoms with E-state index in [9.17, 15) is 5.26 Å². The van der Waals surface area contributed by atoms with E-state index in [2.05, 4.69) is 120 Å². The molecule has 0 aliphatic heterocycles. The van der Waals surface area contributed by atoms with Crippen LogP contribution in [0.3, 0.4) is 0 Å². The minimum absolute atomic E-state index is 0.639. The molecule has 0 saturated carbocycles. The number of aromatic nitrogens is 3. The van der Waals surface area contributed by atoms with Gasteiger partial charge in [-0.3, -0.25) is 4.57 Å². The molecule has 0 bridgehead atoms. The maximum Gasteiger partial charge on any atom is 0.162 e. The van der Waals surface area contributed by atoms with Gasteiger partial charge in [0.15, 0.2) is 5.82 Å². The van der Waals surface area contributed by atoms with E-state index in [0.717, 1.165) is 39.2 Å². The highest BCUT2D eigenvalue weighted by atomic mass is 15.1. The van der Waals surface area contributed by atoms with Crippen molar-refractivity contribution in [3.8, 4) is 28.7 Å². The molecule has 0 aliphatic rings. The summed E-state index contributed by atoms with van der Waals surface area (Å²) in [5.41, 5.74) is 10.7. The number of para-hydroxylation sites is 4. The molecular formula is C38H26N4. The molecule has 0 spiro atoms. The van der Waals surface area contributed by atoms with Crippen LogP contribution in [0.15, 0.2) is 121 Å². The van der Waals surface area contributed by atoms with Crippen molar-refractivity contribution in [2.24, 2.45) is 0 Å². The van der Waals surface area contributed by atoms with Crippen LogP contribution in [0.1, 0.15) is 16.7 Å². The molecule has 0 saturated heterocycles. The lowest BCUT2D eigenvalue weighted by molar-refractivity contribution is 1.02. The molecule has 0 amide bonds. The Morgan fingerprint density at radius 1 is 0.571 bits per heavy atom. The molecule has 0 fully saturated rings. The van der Waals surface area contributed by atoms with Gasteiger partial charge >= 0.3 is 0 Å². The lowest BCUT2D eigenvalue weighted by atomic mass is 10.0. The molecule has 3 heterocycles. The van der Waals surface area contributed by atoms with Crippen molar-refractivity contribution in [1.82, 2.24) is 14.1 Å². The number of benzene rings is 5. The van der Waals surface area contributed by atoms with Gasteiger partial charge in [0.05, 0.1) is 39.4 Å². The van der Waals surface area contributed by atoms with Crippen LogP contribution < -0.4 is 0 Å². The Balaban J connectivity index is 1.61. The SMILES string of the molecule is Cc1cccc2c3ccccc3n(-c3nccc(-c4ccc(C#N)cc4)c3-n3c4ccccc4c4cccc(C)c43)c12. The predicted octanol–water partition coefficient (Wildman–Crippen LogP) is 9.43. The fourth-order valence-corrected chi connectivity index (χ4v) is 6.62. The molecule has 3 aromatic heterocycles. The summed E-state index contributed by atoms with van der Waals surface area (Å²) < 4.78 is 4.73. The molecule has 4 heteroatoms. The van der Waals surface area contributed by atoms with Gasteiger partial charge < -0.3 is 4.57 Å². The Morgan fingerprint density at radius 3 is 1.74 bits per heavy atom. The van der Waals surface area contributed by atoms with Crippen LogP contribution in [0.4, 0.5) is 0 Å². The lowest BCUT2D eigenvalue weighted by Crippen LogP contribution is -2.08. The monoisotopic (exact) mass is 538 g/mol. The number of hydrogen-bond acceptors (Lipinski definition) is 2. The molecule has 0 unspecified atom stereocenters. The fraction of sp³-hybridized carbons (Fsp3) is 0.0526. The third-order valence-electron chi connectivity index (χ3n) is 8.46. The van der Waals surface area contributed by atoms with Gasteiger partial charge in [-0.2, -0.15) is 5.26 Å². The molecule has 8 rings (SSSR count). The Hall–Kier alpha value is -5.66. The quantitative estimate of drug-likeness (QED) is 0.225. The van der Waals surface area contributed by atoms with Crippen molar-refractivity contribution < 1.29 is 0 Å². The molecule has 42 heavy (non-hydrogen) atoms. The van der Waals surface area contributed by atoms with E-state index in [1.807, 2.05) is 30.5 Å². The van der Waals surface area contributed by atoms with E-state index in [4.69, 9.17) is 4.98 Å². The number of pyridine rings is 1. The predicted molar refractivity (Wildman–Crippen MR) is 173 cm³/mol. The first-order chi connectivity index (χ1) is 20.7. The number of fused-ring (bicyclic) bond motifs is 6. The van der Waals surface area contributed by atoms with Crippen molar-refractivity contribution in [3.63, 3.8) is 0 Å². The molecule has 0 atom stereocenters. The van der Waals surface area contributed by atoms with Crippen molar-refractivity contribution in [2.75, 3.05) is 0 Å². The smallest absolute Gasteiger partial charge is 0.162 e. The largest absolute Gasteiger partial charge is 0.305 e. The van der Waals surface area contributed by atoms with Crippen molar-refractivity contribution >= 4 is 43.6 Å². The minimum Gasteiger partial charge on any atom is -0.305 e. The van der Waals surface area contributed by atoms with Crippen molar-refractivity contribution in [1.29, 1.82) is 5.26 Å². The summed E-state index contributed by atoms with van der Waals surface area (Å²) in [5.74, 6) is 0.864. The van der Waals surface area contributed by atoms with Gasteiger partial charge in [-0.1, -0.05) is 84.9 Å². The van der Waals surface area contributed by atoms with E-state index in [1.165, 1.54) is 38.2 Å². The minimum atomic E-state index is 0.639. The van der Waals surface area contributed by atoms with Crippen LogP contribution in [0.25, 0.3) is 66.2 Å². The molecule has 0 aliphatic carbocycles. The highest BCUT2D eigenvalue weighted by Gasteiger charge is 2.24. The number of aryl methyl sites for hydroxylation is 2. The summed E-state index contributed by atoms with van der Waals surface area (Å²) in [5, 5.41) is 14.3. The molecule has 0 radical (unpaired) electrons. The zero-order valence-corrected chi connectivity index (χ0v) is 23.3. The van der Waals surface area contributed by atoms with Crippen molar-refractivity contribution in [2.45, 2.75) is 13.8 Å². The summed E-state index contributed by atoms with van der Waals surface area (Å²) >= 11 is 0. The molecule has 5 aromatic carbocycles. The zero-order valence-electron chi connectivity index (χ0n) is 23.3. The lowest BCUT2D eigenvalue weighted by Gasteiger charge is -2.20. The average Bonchev–Trinajstić information content (AvgIpc) is 3.56. The first-order valence-electron chi connectivity index (χ1n) is 14.1. The highest BCUT2D eigenvalue weighted by Crippen LogP contribution is 2.42. The van der Waals surface area contributed by atoms with Crippen LogP contribution in [-0.2, 0) is 0 Å². The Kier molecular flexibility index (Phi) is 5.29. The molecule has 0 N–H and O–H groups in total. The van der Waals surface area contributed by atoms with Gasteiger partial charge in [0.1, 0.15) is 0 Å². The van der Waals surface area contributed by atoms with Gasteiger partial charge in [0, 0.05) is 33.3 Å². The summed E-state index contributed by atoms with van der Waals surface area (Å²) in [6, 6.07) is 42.5. The first-order valence-corrected chi connectivity index (χ1v) is 14.1. The third kappa shape index (κ3) is 3.38. The second-order valence-electron chi connectivity index (χ2n) is 10.9. The van der Waals surface area contributed by atoms with E-state index in [0.29, 0.717) is 5.56 Å². The van der Waals surface area contributed by atoms with E-state index in [1.54, 1.807) is 0 Å². The van der Waals surface area contributed by atoms with E-state index < -0.39 is 0 Å². The Bertz CT molecular complexity index is 2380. The van der Waals surface area contributed by atoms with Crippen LogP contribution in [0.5, 0.6) is 0 Å². The molecular weight excluding hydrogens is 512 g/mol. The Labute approximate surface area is 243 Å². The topological polar surface area (TPSA) is 46.5 Å². The number of rotatable bonds is 3. The first kappa shape index (κ1) is 24.2. The molecule has 198 valence electrons.